The molecule has 1 atom stereocenters. The highest BCUT2D eigenvalue weighted by Gasteiger charge is 2.47. The van der Waals surface area contributed by atoms with Crippen LogP contribution in [0.25, 0.3) is 5.76 Å². The molecule has 33 heavy (non-hydrogen) atoms. The van der Waals surface area contributed by atoms with Gasteiger partial charge in [0, 0.05) is 23.6 Å². The number of carbonyl (C=O) groups is 2. The first-order valence-electron chi connectivity index (χ1n) is 11.0. The van der Waals surface area contributed by atoms with E-state index in [2.05, 4.69) is 4.98 Å². The molecule has 1 saturated heterocycles. The average molecular weight is 440 g/mol. The summed E-state index contributed by atoms with van der Waals surface area (Å²) in [4.78, 5) is 32.2. The molecule has 6 heteroatoms. The number of rotatable bonds is 3. The number of pyridine rings is 1. The average Bonchev–Trinajstić information content (AvgIpc) is 3.11. The van der Waals surface area contributed by atoms with Crippen molar-refractivity contribution in [1.29, 1.82) is 0 Å². The van der Waals surface area contributed by atoms with Crippen molar-refractivity contribution in [3.8, 4) is 5.75 Å². The molecule has 6 nitrogen and oxygen atoms in total. The van der Waals surface area contributed by atoms with Gasteiger partial charge in [-0.1, -0.05) is 12.1 Å². The summed E-state index contributed by atoms with van der Waals surface area (Å²) in [5.74, 6) is -0.756. The predicted molar refractivity (Wildman–Crippen MR) is 125 cm³/mol. The van der Waals surface area contributed by atoms with Crippen molar-refractivity contribution < 1.29 is 19.4 Å². The number of anilines is 1. The van der Waals surface area contributed by atoms with Crippen LogP contribution in [0.4, 0.5) is 5.69 Å². The second-order valence-corrected chi connectivity index (χ2v) is 8.44. The highest BCUT2D eigenvalue weighted by Crippen LogP contribution is 2.43. The Hall–Kier alpha value is -3.93. The van der Waals surface area contributed by atoms with Gasteiger partial charge in [-0.05, 0) is 85.3 Å². The van der Waals surface area contributed by atoms with E-state index in [4.69, 9.17) is 4.74 Å². The minimum absolute atomic E-state index is 0.0729. The highest BCUT2D eigenvalue weighted by molar-refractivity contribution is 6.51. The van der Waals surface area contributed by atoms with E-state index in [9.17, 15) is 14.7 Å². The third kappa shape index (κ3) is 3.48. The lowest BCUT2D eigenvalue weighted by atomic mass is 9.94. The molecule has 1 unspecified atom stereocenters. The molecule has 0 radical (unpaired) electrons. The highest BCUT2D eigenvalue weighted by atomic mass is 16.5. The number of hydrogen-bond donors (Lipinski definition) is 1. The Morgan fingerprint density at radius 1 is 1.09 bits per heavy atom. The Labute approximate surface area is 192 Å². The summed E-state index contributed by atoms with van der Waals surface area (Å²) in [6.45, 7) is 4.56. The molecule has 1 N–H and O–H groups in total. The van der Waals surface area contributed by atoms with Gasteiger partial charge in [0.2, 0.25) is 0 Å². The summed E-state index contributed by atoms with van der Waals surface area (Å²) in [5, 5.41) is 11.4. The van der Waals surface area contributed by atoms with E-state index in [-0.39, 0.29) is 11.3 Å². The van der Waals surface area contributed by atoms with Crippen LogP contribution in [0.15, 0.2) is 66.5 Å². The van der Waals surface area contributed by atoms with Crippen LogP contribution in [0.3, 0.4) is 0 Å². The van der Waals surface area contributed by atoms with Crippen LogP contribution >= 0.6 is 0 Å². The number of amides is 1. The van der Waals surface area contributed by atoms with Gasteiger partial charge >= 0.3 is 0 Å². The quantitative estimate of drug-likeness (QED) is 0.364. The first-order chi connectivity index (χ1) is 16.0. The molecule has 166 valence electrons. The third-order valence-corrected chi connectivity index (χ3v) is 6.48. The zero-order chi connectivity index (χ0) is 23.1. The van der Waals surface area contributed by atoms with Gasteiger partial charge in [-0.2, -0.15) is 0 Å². The van der Waals surface area contributed by atoms with Gasteiger partial charge in [-0.3, -0.25) is 19.5 Å². The van der Waals surface area contributed by atoms with Crippen LogP contribution in [0, 0.1) is 13.8 Å². The number of carbonyl (C=O) groups excluding carboxylic acids is 2. The fourth-order valence-electron chi connectivity index (χ4n) is 4.60. The molecule has 3 aromatic rings. The number of hydrogen-bond acceptors (Lipinski definition) is 5. The van der Waals surface area contributed by atoms with E-state index in [1.807, 2.05) is 44.2 Å². The number of aliphatic hydroxyl groups is 1. The summed E-state index contributed by atoms with van der Waals surface area (Å²) in [6, 6.07) is 13.8. The van der Waals surface area contributed by atoms with E-state index in [0.29, 0.717) is 23.4 Å². The lowest BCUT2D eigenvalue weighted by Gasteiger charge is -2.27. The molecule has 0 bridgehead atoms. The van der Waals surface area contributed by atoms with Crippen LogP contribution < -0.4 is 9.64 Å². The molecule has 1 amide bonds. The van der Waals surface area contributed by atoms with Crippen LogP contribution in [0.2, 0.25) is 0 Å². The SMILES string of the molecule is Cc1cccc(N2C(=O)C(=O)/C(=C(\O)c3ccc4c(c3)CCCO4)C2c2ccncc2)c1C. The fraction of sp³-hybridized carbons (Fsp3) is 0.222. The first-order valence-corrected chi connectivity index (χ1v) is 11.0. The van der Waals surface area contributed by atoms with Crippen LogP contribution in [0.1, 0.15) is 40.3 Å². The van der Waals surface area contributed by atoms with Gasteiger partial charge < -0.3 is 9.84 Å². The molecule has 1 aromatic heterocycles. The minimum atomic E-state index is -0.763. The van der Waals surface area contributed by atoms with Crippen LogP contribution in [-0.4, -0.2) is 28.4 Å². The second kappa shape index (κ2) is 8.20. The number of Topliss-reactive ketones (excluding diaryl/α,β-unsaturated/α-hetero) is 1. The molecule has 1 fully saturated rings. The van der Waals surface area contributed by atoms with Gasteiger partial charge in [-0.25, -0.2) is 0 Å². The Kier molecular flexibility index (Phi) is 5.21. The van der Waals surface area contributed by atoms with Crippen molar-refractivity contribution in [2.45, 2.75) is 32.7 Å². The lowest BCUT2D eigenvalue weighted by Crippen LogP contribution is -2.30. The molecule has 2 aliphatic heterocycles. The number of ketones is 1. The smallest absolute Gasteiger partial charge is 0.300 e. The largest absolute Gasteiger partial charge is 0.507 e. The van der Waals surface area contributed by atoms with E-state index >= 15 is 0 Å². The van der Waals surface area contributed by atoms with Crippen LogP contribution in [-0.2, 0) is 16.0 Å². The Bertz CT molecular complexity index is 1300. The van der Waals surface area contributed by atoms with E-state index in [1.165, 1.54) is 4.90 Å². The number of aromatic nitrogens is 1. The molecule has 2 aromatic carbocycles. The van der Waals surface area contributed by atoms with Crippen molar-refractivity contribution in [2.24, 2.45) is 0 Å². The normalized spacial score (nSPS) is 19.3. The maximum atomic E-state index is 13.3. The zero-order valence-electron chi connectivity index (χ0n) is 18.5. The molecule has 0 aliphatic carbocycles. The molecular formula is C27H24N2O4. The number of ether oxygens (including phenoxy) is 1. The molecule has 0 saturated carbocycles. The molecular weight excluding hydrogens is 416 g/mol. The minimum Gasteiger partial charge on any atom is -0.507 e. The standard InChI is InChI=1S/C27H24N2O4/c1-16-5-3-7-21(17(16)2)29-24(18-10-12-28-13-11-18)23(26(31)27(29)32)25(30)20-8-9-22-19(15-20)6-4-14-33-22/h3,5,7-13,15,24,30H,4,6,14H2,1-2H3/b25-23-. The predicted octanol–water partition coefficient (Wildman–Crippen LogP) is 4.65. The number of aryl methyl sites for hydroxylation is 2. The van der Waals surface area contributed by atoms with Crippen molar-refractivity contribution in [3.63, 3.8) is 0 Å². The maximum absolute atomic E-state index is 13.3. The van der Waals surface area contributed by atoms with Gasteiger partial charge in [0.25, 0.3) is 11.7 Å². The second-order valence-electron chi connectivity index (χ2n) is 8.44. The first kappa shape index (κ1) is 20.9. The summed E-state index contributed by atoms with van der Waals surface area (Å²) >= 11 is 0. The Balaban J connectivity index is 1.71. The van der Waals surface area contributed by atoms with Crippen molar-refractivity contribution >= 4 is 23.1 Å². The summed E-state index contributed by atoms with van der Waals surface area (Å²) in [5.41, 5.74) is 4.82. The summed E-state index contributed by atoms with van der Waals surface area (Å²) in [6.07, 6.45) is 4.97. The summed E-state index contributed by atoms with van der Waals surface area (Å²) < 4.78 is 5.68. The third-order valence-electron chi connectivity index (χ3n) is 6.48. The molecule has 5 rings (SSSR count). The Morgan fingerprint density at radius 2 is 1.88 bits per heavy atom. The van der Waals surface area contributed by atoms with E-state index in [1.54, 1.807) is 30.6 Å². The monoisotopic (exact) mass is 440 g/mol. The van der Waals surface area contributed by atoms with E-state index < -0.39 is 17.7 Å². The number of aliphatic hydroxyl groups excluding tert-OH is 1. The van der Waals surface area contributed by atoms with Crippen molar-refractivity contribution in [1.82, 2.24) is 4.98 Å². The Morgan fingerprint density at radius 3 is 2.67 bits per heavy atom. The number of fused-ring (bicyclic) bond motifs is 1. The van der Waals surface area contributed by atoms with Gasteiger partial charge in [-0.15, -0.1) is 0 Å². The van der Waals surface area contributed by atoms with Gasteiger partial charge in [0.05, 0.1) is 18.2 Å². The maximum Gasteiger partial charge on any atom is 0.300 e. The number of benzene rings is 2. The van der Waals surface area contributed by atoms with Crippen LogP contribution in [0.5, 0.6) is 5.75 Å². The summed E-state index contributed by atoms with van der Waals surface area (Å²) in [7, 11) is 0. The lowest BCUT2D eigenvalue weighted by molar-refractivity contribution is -0.132. The molecule has 0 spiro atoms. The topological polar surface area (TPSA) is 79.7 Å². The van der Waals surface area contributed by atoms with E-state index in [0.717, 1.165) is 35.3 Å². The zero-order valence-corrected chi connectivity index (χ0v) is 18.5. The van der Waals surface area contributed by atoms with Crippen molar-refractivity contribution in [3.05, 3.63) is 94.3 Å². The van der Waals surface area contributed by atoms with Gasteiger partial charge in [0.15, 0.2) is 0 Å². The van der Waals surface area contributed by atoms with Gasteiger partial charge in [0.1, 0.15) is 11.5 Å². The molecule has 2 aliphatic rings. The fourth-order valence-corrected chi connectivity index (χ4v) is 4.60. The molecule has 3 heterocycles. The van der Waals surface area contributed by atoms with Crippen molar-refractivity contribution in [2.75, 3.05) is 11.5 Å². The number of nitrogens with zero attached hydrogens (tertiary/aromatic N) is 2.